The van der Waals surface area contributed by atoms with E-state index >= 15 is 0 Å². The summed E-state index contributed by atoms with van der Waals surface area (Å²) in [5.74, 6) is 0.290. The zero-order valence-electron chi connectivity index (χ0n) is 11.4. The molecule has 19 heavy (non-hydrogen) atoms. The predicted octanol–water partition coefficient (Wildman–Crippen LogP) is 0.518. The lowest BCUT2D eigenvalue weighted by Crippen LogP contribution is -2.51. The normalized spacial score (nSPS) is 22.2. The lowest BCUT2D eigenvalue weighted by atomic mass is 9.97. The van der Waals surface area contributed by atoms with Crippen LogP contribution in [0.25, 0.3) is 0 Å². The van der Waals surface area contributed by atoms with Gasteiger partial charge in [0.2, 0.25) is 11.8 Å². The summed E-state index contributed by atoms with van der Waals surface area (Å²) in [5.41, 5.74) is 5.97. The second-order valence-electron chi connectivity index (χ2n) is 5.07. The summed E-state index contributed by atoms with van der Waals surface area (Å²) in [7, 11) is 0. The van der Waals surface area contributed by atoms with Gasteiger partial charge in [-0.15, -0.1) is 5.10 Å². The van der Waals surface area contributed by atoms with Crippen LogP contribution in [-0.2, 0) is 4.79 Å². The van der Waals surface area contributed by atoms with Crippen molar-refractivity contribution in [3.63, 3.8) is 0 Å². The number of carbonyl (C=O) groups excluding carboxylic acids is 1. The summed E-state index contributed by atoms with van der Waals surface area (Å²) in [6, 6.07) is 0.486. The van der Waals surface area contributed by atoms with Crippen LogP contribution < -0.4 is 11.1 Å². The molecule has 1 aliphatic rings. The molecule has 1 aromatic rings. The molecule has 1 saturated heterocycles. The molecule has 1 aromatic heterocycles. The molecule has 2 heterocycles. The van der Waals surface area contributed by atoms with Gasteiger partial charge in [-0.1, -0.05) is 11.5 Å². The Labute approximate surface area is 112 Å². The van der Waals surface area contributed by atoms with Gasteiger partial charge in [-0.2, -0.15) is 0 Å². The molecule has 1 fully saturated rings. The van der Waals surface area contributed by atoms with E-state index in [1.165, 1.54) is 6.42 Å². The number of nitrogens with zero attached hydrogens (tertiary/aromatic N) is 3. The fraction of sp³-hybridized carbons (Fsp3) is 0.750. The molecule has 0 saturated carbocycles. The molecule has 7 heteroatoms. The van der Waals surface area contributed by atoms with Gasteiger partial charge in [0.05, 0.1) is 6.54 Å². The summed E-state index contributed by atoms with van der Waals surface area (Å²) in [6.07, 6.45) is 3.33. The maximum Gasteiger partial charge on any atom is 0.322 e. The SMILES string of the molecule is Cc1nnc(NC(=O)CN2CCCCC2C(C)N)o1. The van der Waals surface area contributed by atoms with Gasteiger partial charge < -0.3 is 10.2 Å². The number of nitrogens with one attached hydrogen (secondary N) is 1. The third-order valence-electron chi connectivity index (χ3n) is 3.39. The van der Waals surface area contributed by atoms with E-state index in [2.05, 4.69) is 20.4 Å². The molecule has 7 nitrogen and oxygen atoms in total. The van der Waals surface area contributed by atoms with Crippen molar-refractivity contribution in [2.75, 3.05) is 18.4 Å². The molecule has 0 spiro atoms. The molecule has 3 N–H and O–H groups in total. The lowest BCUT2D eigenvalue weighted by Gasteiger charge is -2.37. The third-order valence-corrected chi connectivity index (χ3v) is 3.39. The minimum absolute atomic E-state index is 0.0683. The first-order chi connectivity index (χ1) is 9.06. The molecular weight excluding hydrogens is 246 g/mol. The fourth-order valence-electron chi connectivity index (χ4n) is 2.50. The van der Waals surface area contributed by atoms with Crippen molar-refractivity contribution in [1.82, 2.24) is 15.1 Å². The number of hydrogen-bond donors (Lipinski definition) is 2. The van der Waals surface area contributed by atoms with Crippen molar-refractivity contribution in [2.45, 2.75) is 45.2 Å². The Morgan fingerprint density at radius 1 is 1.58 bits per heavy atom. The van der Waals surface area contributed by atoms with E-state index < -0.39 is 0 Å². The van der Waals surface area contributed by atoms with Crippen molar-refractivity contribution in [3.8, 4) is 0 Å². The largest absolute Gasteiger partial charge is 0.408 e. The smallest absolute Gasteiger partial charge is 0.322 e. The first-order valence-electron chi connectivity index (χ1n) is 6.66. The van der Waals surface area contributed by atoms with E-state index in [0.717, 1.165) is 19.4 Å². The van der Waals surface area contributed by atoms with Crippen molar-refractivity contribution in [3.05, 3.63) is 5.89 Å². The molecule has 0 aromatic carbocycles. The van der Waals surface area contributed by atoms with Gasteiger partial charge in [0.1, 0.15) is 0 Å². The van der Waals surface area contributed by atoms with Gasteiger partial charge in [-0.25, -0.2) is 0 Å². The van der Waals surface area contributed by atoms with Crippen LogP contribution >= 0.6 is 0 Å². The minimum Gasteiger partial charge on any atom is -0.408 e. The van der Waals surface area contributed by atoms with Crippen molar-refractivity contribution >= 4 is 11.9 Å². The number of likely N-dealkylation sites (tertiary alicyclic amines) is 1. The topological polar surface area (TPSA) is 97.3 Å². The summed E-state index contributed by atoms with van der Waals surface area (Å²) in [6.45, 7) is 4.89. The first-order valence-corrected chi connectivity index (χ1v) is 6.66. The highest BCUT2D eigenvalue weighted by atomic mass is 16.4. The fourth-order valence-corrected chi connectivity index (χ4v) is 2.50. The second-order valence-corrected chi connectivity index (χ2v) is 5.07. The first kappa shape index (κ1) is 14.0. The average Bonchev–Trinajstić information content (AvgIpc) is 2.75. The molecule has 0 bridgehead atoms. The van der Waals surface area contributed by atoms with Crippen molar-refractivity contribution in [2.24, 2.45) is 5.73 Å². The highest BCUT2D eigenvalue weighted by Crippen LogP contribution is 2.18. The van der Waals surface area contributed by atoms with Gasteiger partial charge >= 0.3 is 6.01 Å². The summed E-state index contributed by atoms with van der Waals surface area (Å²) in [5, 5.41) is 10.0. The molecule has 0 aliphatic carbocycles. The van der Waals surface area contributed by atoms with Crippen molar-refractivity contribution < 1.29 is 9.21 Å². The molecule has 0 radical (unpaired) electrons. The standard InChI is InChI=1S/C12H21N5O2/c1-8(13)10-5-3-4-6-17(10)7-11(18)14-12-16-15-9(2)19-12/h8,10H,3-7,13H2,1-2H3,(H,14,16,18). The van der Waals surface area contributed by atoms with Crippen LogP contribution in [0.15, 0.2) is 4.42 Å². The molecule has 2 unspecified atom stereocenters. The second kappa shape index (κ2) is 6.12. The maximum atomic E-state index is 11.9. The Balaban J connectivity index is 1.89. The number of carbonyl (C=O) groups is 1. The van der Waals surface area contributed by atoms with Gasteiger partial charge in [-0.3, -0.25) is 15.0 Å². The molecule has 106 valence electrons. The number of hydrogen-bond acceptors (Lipinski definition) is 6. The Bertz CT molecular complexity index is 432. The van der Waals surface area contributed by atoms with Crippen LogP contribution in [0.4, 0.5) is 6.01 Å². The Kier molecular flexibility index (Phi) is 4.49. The van der Waals surface area contributed by atoms with Gasteiger partial charge in [0.15, 0.2) is 0 Å². The minimum atomic E-state index is -0.142. The number of nitrogens with two attached hydrogens (primary N) is 1. The van der Waals surface area contributed by atoms with Crippen LogP contribution in [0.5, 0.6) is 0 Å². The molecule has 1 amide bonds. The summed E-state index contributed by atoms with van der Waals surface area (Å²) in [4.78, 5) is 14.1. The number of rotatable bonds is 4. The van der Waals surface area contributed by atoms with E-state index in [1.54, 1.807) is 6.92 Å². The number of aromatic nitrogens is 2. The van der Waals surface area contributed by atoms with Crippen molar-refractivity contribution in [1.29, 1.82) is 0 Å². The van der Waals surface area contributed by atoms with Crippen LogP contribution in [0.1, 0.15) is 32.1 Å². The highest BCUT2D eigenvalue weighted by molar-refractivity contribution is 5.90. The quantitative estimate of drug-likeness (QED) is 0.825. The zero-order chi connectivity index (χ0) is 13.8. The van der Waals surface area contributed by atoms with Gasteiger partial charge in [0, 0.05) is 19.0 Å². The third kappa shape index (κ3) is 3.74. The van der Waals surface area contributed by atoms with Crippen LogP contribution in [0.3, 0.4) is 0 Å². The Morgan fingerprint density at radius 3 is 3.00 bits per heavy atom. The summed E-state index contributed by atoms with van der Waals surface area (Å²) < 4.78 is 5.12. The zero-order valence-corrected chi connectivity index (χ0v) is 11.4. The molecular formula is C12H21N5O2. The predicted molar refractivity (Wildman–Crippen MR) is 70.5 cm³/mol. The van der Waals surface area contributed by atoms with E-state index in [9.17, 15) is 4.79 Å². The summed E-state index contributed by atoms with van der Waals surface area (Å²) >= 11 is 0. The van der Waals surface area contributed by atoms with E-state index in [0.29, 0.717) is 12.4 Å². The number of aryl methyl sites for hydroxylation is 1. The average molecular weight is 267 g/mol. The molecule has 1 aliphatic heterocycles. The van der Waals surface area contributed by atoms with Crippen LogP contribution in [-0.4, -0.2) is 46.2 Å². The highest BCUT2D eigenvalue weighted by Gasteiger charge is 2.27. The van der Waals surface area contributed by atoms with Crippen LogP contribution in [0, 0.1) is 6.92 Å². The van der Waals surface area contributed by atoms with Gasteiger partial charge in [-0.05, 0) is 26.3 Å². The van der Waals surface area contributed by atoms with Gasteiger partial charge in [0.25, 0.3) is 0 Å². The van der Waals surface area contributed by atoms with E-state index in [4.69, 9.17) is 10.2 Å². The Hall–Kier alpha value is -1.47. The van der Waals surface area contributed by atoms with Crippen LogP contribution in [0.2, 0.25) is 0 Å². The lowest BCUT2D eigenvalue weighted by molar-refractivity contribution is -0.118. The molecule has 2 atom stereocenters. The molecule has 2 rings (SSSR count). The Morgan fingerprint density at radius 2 is 2.37 bits per heavy atom. The monoisotopic (exact) mass is 267 g/mol. The maximum absolute atomic E-state index is 11.9. The van der Waals surface area contributed by atoms with E-state index in [1.807, 2.05) is 6.92 Å². The number of amides is 1. The number of anilines is 1. The van der Waals surface area contributed by atoms with E-state index in [-0.39, 0.29) is 24.0 Å². The number of piperidine rings is 1.